The zero-order valence-corrected chi connectivity index (χ0v) is 10.5. The molecule has 5 heteroatoms. The Kier molecular flexibility index (Phi) is 5.71. The van der Waals surface area contributed by atoms with E-state index in [1.54, 1.807) is 0 Å². The Hall–Kier alpha value is -1.49. The fourth-order valence-electron chi connectivity index (χ4n) is 1.62. The largest absolute Gasteiger partial charge is 0.469 e. The van der Waals surface area contributed by atoms with Crippen LogP contribution >= 0.6 is 0 Å². The second-order valence-corrected chi connectivity index (χ2v) is 4.16. The van der Waals surface area contributed by atoms with E-state index < -0.39 is 11.6 Å². The van der Waals surface area contributed by atoms with Crippen LogP contribution in [0.25, 0.3) is 0 Å². The normalized spacial score (nSPS) is 12.2. The Labute approximate surface area is 105 Å². The lowest BCUT2D eigenvalue weighted by atomic mass is 10.1. The van der Waals surface area contributed by atoms with Gasteiger partial charge >= 0.3 is 5.97 Å². The first-order chi connectivity index (χ1) is 8.51. The number of methoxy groups -OCH3 is 1. The predicted octanol–water partition coefficient (Wildman–Crippen LogP) is 2.05. The minimum atomic E-state index is -0.576. The van der Waals surface area contributed by atoms with Crippen molar-refractivity contribution in [3.05, 3.63) is 35.4 Å². The maximum atomic E-state index is 12.9. The van der Waals surface area contributed by atoms with Crippen molar-refractivity contribution in [1.82, 2.24) is 5.32 Å². The van der Waals surface area contributed by atoms with Gasteiger partial charge in [0.1, 0.15) is 11.6 Å². The Bertz CT molecular complexity index is 390. The van der Waals surface area contributed by atoms with Gasteiger partial charge in [-0.25, -0.2) is 8.78 Å². The molecule has 0 radical (unpaired) electrons. The third-order valence-corrected chi connectivity index (χ3v) is 2.53. The molecular formula is C13H17F2NO2. The van der Waals surface area contributed by atoms with E-state index in [-0.39, 0.29) is 18.4 Å². The SMILES string of the molecule is COC(=O)CC(C)NCCc1cc(F)cc(F)c1. The maximum Gasteiger partial charge on any atom is 0.307 e. The highest BCUT2D eigenvalue weighted by Crippen LogP contribution is 2.08. The Balaban J connectivity index is 2.35. The standard InChI is InChI=1S/C13H17F2NO2/c1-9(5-13(17)18-2)16-4-3-10-6-11(14)8-12(15)7-10/h6-9,16H,3-5H2,1-2H3. The fraction of sp³-hybridized carbons (Fsp3) is 0.462. The molecule has 0 amide bonds. The summed E-state index contributed by atoms with van der Waals surface area (Å²) in [4.78, 5) is 11.0. The van der Waals surface area contributed by atoms with Gasteiger partial charge in [-0.3, -0.25) is 4.79 Å². The second kappa shape index (κ2) is 7.06. The lowest BCUT2D eigenvalue weighted by Crippen LogP contribution is -2.30. The van der Waals surface area contributed by atoms with Gasteiger partial charge in [0, 0.05) is 12.1 Å². The first kappa shape index (κ1) is 14.6. The van der Waals surface area contributed by atoms with Gasteiger partial charge in [0.25, 0.3) is 0 Å². The van der Waals surface area contributed by atoms with Gasteiger partial charge in [-0.05, 0) is 37.6 Å². The molecule has 0 heterocycles. The number of hydrogen-bond acceptors (Lipinski definition) is 3. The van der Waals surface area contributed by atoms with Crippen LogP contribution in [0.5, 0.6) is 0 Å². The zero-order chi connectivity index (χ0) is 13.5. The van der Waals surface area contributed by atoms with Crippen LogP contribution in [0.15, 0.2) is 18.2 Å². The van der Waals surface area contributed by atoms with Crippen molar-refractivity contribution in [2.45, 2.75) is 25.8 Å². The van der Waals surface area contributed by atoms with Gasteiger partial charge in [0.2, 0.25) is 0 Å². The van der Waals surface area contributed by atoms with E-state index in [1.165, 1.54) is 19.2 Å². The first-order valence-corrected chi connectivity index (χ1v) is 5.76. The van der Waals surface area contributed by atoms with Gasteiger partial charge in [-0.2, -0.15) is 0 Å². The van der Waals surface area contributed by atoms with Crippen LogP contribution in [-0.4, -0.2) is 25.7 Å². The minimum absolute atomic E-state index is 0.0316. The van der Waals surface area contributed by atoms with E-state index in [4.69, 9.17) is 0 Å². The molecule has 1 unspecified atom stereocenters. The van der Waals surface area contributed by atoms with Crippen molar-refractivity contribution in [3.63, 3.8) is 0 Å². The molecule has 0 saturated heterocycles. The van der Waals surface area contributed by atoms with Crippen LogP contribution in [0.1, 0.15) is 18.9 Å². The molecule has 0 bridgehead atoms. The molecule has 0 fully saturated rings. The smallest absolute Gasteiger partial charge is 0.307 e. The quantitative estimate of drug-likeness (QED) is 0.793. The van der Waals surface area contributed by atoms with Crippen molar-refractivity contribution in [1.29, 1.82) is 0 Å². The summed E-state index contributed by atoms with van der Waals surface area (Å²) in [7, 11) is 1.34. The minimum Gasteiger partial charge on any atom is -0.469 e. The molecule has 0 aromatic heterocycles. The first-order valence-electron chi connectivity index (χ1n) is 5.76. The summed E-state index contributed by atoms with van der Waals surface area (Å²) < 4.78 is 30.4. The third-order valence-electron chi connectivity index (χ3n) is 2.53. The highest BCUT2D eigenvalue weighted by molar-refractivity contribution is 5.69. The molecule has 0 aliphatic rings. The number of halogens is 2. The van der Waals surface area contributed by atoms with Crippen LogP contribution in [0, 0.1) is 11.6 Å². The average Bonchev–Trinajstić information content (AvgIpc) is 2.27. The monoisotopic (exact) mass is 257 g/mol. The number of esters is 1. The van der Waals surface area contributed by atoms with Crippen LogP contribution in [-0.2, 0) is 16.0 Å². The van der Waals surface area contributed by atoms with Gasteiger partial charge in [-0.1, -0.05) is 0 Å². The summed E-state index contributed by atoms with van der Waals surface area (Å²) in [6.45, 7) is 2.39. The summed E-state index contributed by atoms with van der Waals surface area (Å²) in [6, 6.07) is 3.42. The summed E-state index contributed by atoms with van der Waals surface area (Å²) in [6.07, 6.45) is 0.772. The average molecular weight is 257 g/mol. The van der Waals surface area contributed by atoms with Crippen molar-refractivity contribution in [2.75, 3.05) is 13.7 Å². The van der Waals surface area contributed by atoms with E-state index in [0.717, 1.165) is 6.07 Å². The molecule has 3 nitrogen and oxygen atoms in total. The molecule has 1 rings (SSSR count). The summed E-state index contributed by atoms with van der Waals surface area (Å²) in [5.41, 5.74) is 0.588. The molecule has 100 valence electrons. The molecule has 0 saturated carbocycles. The Morgan fingerprint density at radius 2 is 1.94 bits per heavy atom. The van der Waals surface area contributed by atoms with E-state index in [1.807, 2.05) is 6.92 Å². The van der Waals surface area contributed by atoms with Gasteiger partial charge < -0.3 is 10.1 Å². The topological polar surface area (TPSA) is 38.3 Å². The van der Waals surface area contributed by atoms with Crippen molar-refractivity contribution >= 4 is 5.97 Å². The molecule has 0 aliphatic carbocycles. The molecule has 1 N–H and O–H groups in total. The van der Waals surface area contributed by atoms with Crippen molar-refractivity contribution in [2.24, 2.45) is 0 Å². The van der Waals surface area contributed by atoms with E-state index in [0.29, 0.717) is 18.5 Å². The molecule has 0 spiro atoms. The van der Waals surface area contributed by atoms with Crippen LogP contribution in [0.2, 0.25) is 0 Å². The van der Waals surface area contributed by atoms with Crippen molar-refractivity contribution in [3.8, 4) is 0 Å². The summed E-state index contributed by atoms with van der Waals surface area (Å²) in [5, 5.41) is 3.09. The predicted molar refractivity (Wildman–Crippen MR) is 64.2 cm³/mol. The second-order valence-electron chi connectivity index (χ2n) is 4.16. The number of nitrogens with one attached hydrogen (secondary N) is 1. The highest BCUT2D eigenvalue weighted by atomic mass is 19.1. The highest BCUT2D eigenvalue weighted by Gasteiger charge is 2.08. The van der Waals surface area contributed by atoms with Gasteiger partial charge in [-0.15, -0.1) is 0 Å². The third kappa shape index (κ3) is 5.23. The van der Waals surface area contributed by atoms with Gasteiger partial charge in [0.15, 0.2) is 0 Å². The number of carbonyl (C=O) groups excluding carboxylic acids is 1. The molecule has 1 aromatic carbocycles. The van der Waals surface area contributed by atoms with E-state index in [9.17, 15) is 13.6 Å². The number of benzene rings is 1. The maximum absolute atomic E-state index is 12.9. The lowest BCUT2D eigenvalue weighted by molar-refractivity contribution is -0.141. The lowest BCUT2D eigenvalue weighted by Gasteiger charge is -2.12. The molecule has 1 atom stereocenters. The number of carbonyl (C=O) groups is 1. The molecule has 1 aromatic rings. The summed E-state index contributed by atoms with van der Waals surface area (Å²) >= 11 is 0. The molecule has 18 heavy (non-hydrogen) atoms. The zero-order valence-electron chi connectivity index (χ0n) is 10.5. The van der Waals surface area contributed by atoms with E-state index in [2.05, 4.69) is 10.1 Å². The van der Waals surface area contributed by atoms with Crippen LogP contribution in [0.4, 0.5) is 8.78 Å². The number of hydrogen-bond donors (Lipinski definition) is 1. The Morgan fingerprint density at radius 1 is 1.33 bits per heavy atom. The van der Waals surface area contributed by atoms with Crippen LogP contribution < -0.4 is 5.32 Å². The van der Waals surface area contributed by atoms with Gasteiger partial charge in [0.05, 0.1) is 13.5 Å². The number of ether oxygens (including phenoxy) is 1. The van der Waals surface area contributed by atoms with Crippen molar-refractivity contribution < 1.29 is 18.3 Å². The molecule has 0 aliphatic heterocycles. The van der Waals surface area contributed by atoms with Crippen LogP contribution in [0.3, 0.4) is 0 Å². The summed E-state index contributed by atoms with van der Waals surface area (Å²) in [5.74, 6) is -1.44. The Morgan fingerprint density at radius 3 is 2.50 bits per heavy atom. The van der Waals surface area contributed by atoms with E-state index >= 15 is 0 Å². The fourth-order valence-corrected chi connectivity index (χ4v) is 1.62. The number of rotatable bonds is 6. The molecular weight excluding hydrogens is 240 g/mol.